The number of anilines is 1. The average molecular weight is 429 g/mol. The van der Waals surface area contributed by atoms with E-state index in [-0.39, 0.29) is 22.9 Å². The van der Waals surface area contributed by atoms with Crippen LogP contribution in [-0.4, -0.2) is 37.3 Å². The molecule has 1 amide bonds. The largest absolute Gasteiger partial charge is 0.491 e. The Morgan fingerprint density at radius 1 is 1.07 bits per heavy atom. The Labute approximate surface area is 178 Å². The number of amides is 1. The molecule has 1 saturated carbocycles. The highest BCUT2D eigenvalue weighted by atomic mass is 32.2. The van der Waals surface area contributed by atoms with E-state index in [0.717, 1.165) is 31.4 Å². The third-order valence-electron chi connectivity index (χ3n) is 5.85. The van der Waals surface area contributed by atoms with Gasteiger partial charge in [0.2, 0.25) is 10.0 Å². The third-order valence-corrected chi connectivity index (χ3v) is 7.76. The molecular formula is C23H28N2O4S. The highest BCUT2D eigenvalue weighted by Crippen LogP contribution is 2.38. The molecule has 0 unspecified atom stereocenters. The number of hydrogen-bond acceptors (Lipinski definition) is 4. The van der Waals surface area contributed by atoms with Crippen LogP contribution in [0.1, 0.15) is 49.9 Å². The molecule has 0 radical (unpaired) electrons. The fraction of sp³-hybridized carbons (Fsp3) is 0.435. The normalized spacial score (nSPS) is 21.6. The number of fused-ring (bicyclic) bond motifs is 3. The summed E-state index contributed by atoms with van der Waals surface area (Å²) in [6, 6.07) is 13.5. The van der Waals surface area contributed by atoms with Gasteiger partial charge in [-0.25, -0.2) is 8.42 Å². The van der Waals surface area contributed by atoms with E-state index in [4.69, 9.17) is 4.74 Å². The van der Waals surface area contributed by atoms with Crippen molar-refractivity contribution in [3.05, 3.63) is 54.1 Å². The molecule has 2 aliphatic heterocycles. The third kappa shape index (κ3) is 4.37. The van der Waals surface area contributed by atoms with E-state index < -0.39 is 10.0 Å². The standard InChI is InChI=1S/C23H28N2O4S/c1-16(2)29-21-12-8-19(9-13-21)24-23(26)18-4-3-5-22(14-18)30(27,28)25-15-17-6-10-20(25)11-7-17/h3-5,8-9,12-14,16-17,20H,6-7,10-11,15H2,1-2H3,(H,24,26). The van der Waals surface area contributed by atoms with Crippen LogP contribution in [-0.2, 0) is 10.0 Å². The number of hydrogen-bond donors (Lipinski definition) is 1. The summed E-state index contributed by atoms with van der Waals surface area (Å²) in [5.74, 6) is 0.843. The number of nitrogens with one attached hydrogen (secondary N) is 1. The summed E-state index contributed by atoms with van der Waals surface area (Å²) in [6.45, 7) is 4.49. The molecule has 0 spiro atoms. The van der Waals surface area contributed by atoms with Crippen LogP contribution in [0.25, 0.3) is 0 Å². The first-order valence-corrected chi connectivity index (χ1v) is 12.0. The molecule has 2 heterocycles. The quantitative estimate of drug-likeness (QED) is 0.745. The zero-order valence-corrected chi connectivity index (χ0v) is 18.2. The molecule has 0 aromatic heterocycles. The van der Waals surface area contributed by atoms with Crippen molar-refractivity contribution in [2.75, 3.05) is 11.9 Å². The van der Waals surface area contributed by atoms with Crippen molar-refractivity contribution in [3.63, 3.8) is 0 Å². The molecule has 1 N–H and O–H groups in total. The Balaban J connectivity index is 1.49. The van der Waals surface area contributed by atoms with E-state index >= 15 is 0 Å². The van der Waals surface area contributed by atoms with Gasteiger partial charge in [0.1, 0.15) is 5.75 Å². The number of benzene rings is 2. The van der Waals surface area contributed by atoms with Gasteiger partial charge in [-0.15, -0.1) is 0 Å². The van der Waals surface area contributed by atoms with Crippen molar-refractivity contribution in [1.29, 1.82) is 0 Å². The monoisotopic (exact) mass is 428 g/mol. The maximum atomic E-state index is 13.2. The number of rotatable bonds is 6. The number of sulfonamides is 1. The topological polar surface area (TPSA) is 75.7 Å². The first-order chi connectivity index (χ1) is 14.3. The molecule has 2 bridgehead atoms. The van der Waals surface area contributed by atoms with Crippen LogP contribution in [0, 0.1) is 5.92 Å². The first kappa shape index (κ1) is 20.9. The van der Waals surface area contributed by atoms with Crippen molar-refractivity contribution in [2.24, 2.45) is 5.92 Å². The Morgan fingerprint density at radius 3 is 2.37 bits per heavy atom. The smallest absolute Gasteiger partial charge is 0.255 e. The predicted octanol–water partition coefficient (Wildman–Crippen LogP) is 4.29. The molecular weight excluding hydrogens is 400 g/mol. The fourth-order valence-electron chi connectivity index (χ4n) is 4.34. The van der Waals surface area contributed by atoms with E-state index in [9.17, 15) is 13.2 Å². The summed E-state index contributed by atoms with van der Waals surface area (Å²) in [4.78, 5) is 12.9. The Morgan fingerprint density at radius 2 is 1.77 bits per heavy atom. The second kappa shape index (κ2) is 8.40. The van der Waals surface area contributed by atoms with Gasteiger partial charge in [-0.2, -0.15) is 4.31 Å². The van der Waals surface area contributed by atoms with Gasteiger partial charge in [0.05, 0.1) is 11.0 Å². The van der Waals surface area contributed by atoms with Crippen molar-refractivity contribution in [1.82, 2.24) is 4.31 Å². The van der Waals surface area contributed by atoms with Crippen molar-refractivity contribution < 1.29 is 17.9 Å². The summed E-state index contributed by atoms with van der Waals surface area (Å²) in [6.07, 6.45) is 4.16. The van der Waals surface area contributed by atoms with E-state index in [1.807, 2.05) is 13.8 Å². The van der Waals surface area contributed by atoms with Gasteiger partial charge in [0.25, 0.3) is 5.91 Å². The van der Waals surface area contributed by atoms with Crippen LogP contribution in [0.4, 0.5) is 5.69 Å². The van der Waals surface area contributed by atoms with E-state index in [1.165, 1.54) is 6.07 Å². The highest BCUT2D eigenvalue weighted by Gasteiger charge is 2.40. The van der Waals surface area contributed by atoms with Crippen molar-refractivity contribution in [3.8, 4) is 5.75 Å². The van der Waals surface area contributed by atoms with Gasteiger partial charge in [-0.1, -0.05) is 6.07 Å². The molecule has 0 atom stereocenters. The first-order valence-electron chi connectivity index (χ1n) is 10.5. The molecule has 1 aliphatic carbocycles. The number of carbonyl (C=O) groups excluding carboxylic acids is 1. The lowest BCUT2D eigenvalue weighted by atomic mass is 9.82. The zero-order chi connectivity index (χ0) is 21.3. The maximum absolute atomic E-state index is 13.2. The van der Waals surface area contributed by atoms with Crippen LogP contribution < -0.4 is 10.1 Å². The zero-order valence-electron chi connectivity index (χ0n) is 17.4. The average Bonchev–Trinajstić information content (AvgIpc) is 2.75. The van der Waals surface area contributed by atoms with Gasteiger partial charge in [0, 0.05) is 23.8 Å². The number of ether oxygens (including phenoxy) is 1. The lowest BCUT2D eigenvalue weighted by Gasteiger charge is -2.44. The Kier molecular flexibility index (Phi) is 5.84. The van der Waals surface area contributed by atoms with E-state index in [1.54, 1.807) is 46.8 Å². The van der Waals surface area contributed by atoms with E-state index in [0.29, 0.717) is 23.7 Å². The molecule has 2 aromatic carbocycles. The molecule has 3 fully saturated rings. The molecule has 2 aromatic rings. The molecule has 7 heteroatoms. The van der Waals surface area contributed by atoms with Gasteiger partial charge in [-0.3, -0.25) is 4.79 Å². The van der Waals surface area contributed by atoms with Gasteiger partial charge >= 0.3 is 0 Å². The summed E-state index contributed by atoms with van der Waals surface area (Å²) in [7, 11) is -3.60. The van der Waals surface area contributed by atoms with E-state index in [2.05, 4.69) is 5.32 Å². The minimum atomic E-state index is -3.60. The lowest BCUT2D eigenvalue weighted by Crippen LogP contribution is -2.50. The van der Waals surface area contributed by atoms with Crippen LogP contribution in [0.15, 0.2) is 53.4 Å². The minimum Gasteiger partial charge on any atom is -0.491 e. The number of nitrogens with zero attached hydrogens (tertiary/aromatic N) is 1. The van der Waals surface area contributed by atoms with Crippen molar-refractivity contribution >= 4 is 21.6 Å². The van der Waals surface area contributed by atoms with Crippen LogP contribution in [0.3, 0.4) is 0 Å². The minimum absolute atomic E-state index is 0.0743. The Hall–Kier alpha value is -2.38. The molecule has 5 rings (SSSR count). The van der Waals surface area contributed by atoms with Crippen LogP contribution in [0.2, 0.25) is 0 Å². The van der Waals surface area contributed by atoms with Crippen LogP contribution >= 0.6 is 0 Å². The summed E-state index contributed by atoms with van der Waals surface area (Å²) < 4.78 is 33.7. The number of carbonyl (C=O) groups is 1. The summed E-state index contributed by atoms with van der Waals surface area (Å²) in [5, 5.41) is 2.82. The maximum Gasteiger partial charge on any atom is 0.255 e. The SMILES string of the molecule is CC(C)Oc1ccc(NC(=O)c2cccc(S(=O)(=O)N3CC4CCC3CC4)c2)cc1. The summed E-state index contributed by atoms with van der Waals surface area (Å²) in [5.41, 5.74) is 0.943. The second-order valence-corrected chi connectivity index (χ2v) is 10.3. The molecule has 2 saturated heterocycles. The van der Waals surface area contributed by atoms with Gasteiger partial charge in [0.15, 0.2) is 0 Å². The Bertz CT molecular complexity index is 1010. The molecule has 3 aliphatic rings. The van der Waals surface area contributed by atoms with Gasteiger partial charge < -0.3 is 10.1 Å². The lowest BCUT2D eigenvalue weighted by molar-refractivity contribution is 0.102. The fourth-order valence-corrected chi connectivity index (χ4v) is 6.15. The van der Waals surface area contributed by atoms with Crippen LogP contribution in [0.5, 0.6) is 5.75 Å². The molecule has 6 nitrogen and oxygen atoms in total. The molecule has 30 heavy (non-hydrogen) atoms. The van der Waals surface area contributed by atoms with Crippen molar-refractivity contribution in [2.45, 2.75) is 56.6 Å². The predicted molar refractivity (Wildman–Crippen MR) is 116 cm³/mol. The number of piperidine rings is 2. The highest BCUT2D eigenvalue weighted by molar-refractivity contribution is 7.89. The summed E-state index contributed by atoms with van der Waals surface area (Å²) >= 11 is 0. The second-order valence-electron chi connectivity index (χ2n) is 8.42. The van der Waals surface area contributed by atoms with Gasteiger partial charge in [-0.05, 0) is 87.9 Å². The molecule has 160 valence electrons.